The molecule has 0 saturated carbocycles. The fraction of sp³-hybridized carbons (Fsp3) is 0.125. The van der Waals surface area contributed by atoms with E-state index < -0.39 is 0 Å². The second-order valence-electron chi connectivity index (χ2n) is 4.69. The number of carbonyl (C=O) groups is 1. The van der Waals surface area contributed by atoms with Gasteiger partial charge in [0.2, 0.25) is 0 Å². The van der Waals surface area contributed by atoms with E-state index in [-0.39, 0.29) is 5.91 Å². The van der Waals surface area contributed by atoms with Crippen molar-refractivity contribution >= 4 is 17.3 Å². The van der Waals surface area contributed by atoms with Gasteiger partial charge >= 0.3 is 0 Å². The van der Waals surface area contributed by atoms with Gasteiger partial charge in [0, 0.05) is 7.05 Å². The first-order valence-corrected chi connectivity index (χ1v) is 6.43. The number of nitriles is 1. The number of anilines is 2. The summed E-state index contributed by atoms with van der Waals surface area (Å²) in [6, 6.07) is 14.4. The van der Waals surface area contributed by atoms with Crippen LogP contribution in [0.2, 0.25) is 0 Å². The van der Waals surface area contributed by atoms with E-state index in [0.29, 0.717) is 22.5 Å². The van der Waals surface area contributed by atoms with Crippen LogP contribution in [0, 0.1) is 18.3 Å². The first-order valence-electron chi connectivity index (χ1n) is 6.43. The number of amides is 1. The van der Waals surface area contributed by atoms with Gasteiger partial charge in [0.05, 0.1) is 22.5 Å². The van der Waals surface area contributed by atoms with Crippen molar-refractivity contribution in [3.63, 3.8) is 0 Å². The predicted molar refractivity (Wildman–Crippen MR) is 82.9 cm³/mol. The third-order valence-electron chi connectivity index (χ3n) is 3.25. The predicted octanol–water partition coefficient (Wildman–Crippen LogP) is 2.43. The molecular formula is C16H16N4O. The number of nitrogens with one attached hydrogen (secondary N) is 1. The summed E-state index contributed by atoms with van der Waals surface area (Å²) in [6.45, 7) is 1.92. The van der Waals surface area contributed by atoms with Crippen LogP contribution in [-0.2, 0) is 0 Å². The molecule has 3 N–H and O–H groups in total. The van der Waals surface area contributed by atoms with Gasteiger partial charge in [0.1, 0.15) is 6.07 Å². The number of nitrogen functional groups attached to an aromatic ring is 1. The van der Waals surface area contributed by atoms with E-state index in [2.05, 4.69) is 11.5 Å². The number of rotatable bonds is 3. The maximum absolute atomic E-state index is 12.6. The Morgan fingerprint density at radius 1 is 1.29 bits per heavy atom. The molecule has 0 atom stereocenters. The molecule has 5 heteroatoms. The molecule has 0 heterocycles. The molecule has 0 aliphatic heterocycles. The molecule has 1 amide bonds. The summed E-state index contributed by atoms with van der Waals surface area (Å²) < 4.78 is 0. The minimum absolute atomic E-state index is 0.231. The Bertz CT molecular complexity index is 718. The van der Waals surface area contributed by atoms with Crippen molar-refractivity contribution in [3.05, 3.63) is 59.2 Å². The van der Waals surface area contributed by atoms with Crippen molar-refractivity contribution in [2.45, 2.75) is 6.92 Å². The lowest BCUT2D eigenvalue weighted by atomic mass is 10.1. The molecule has 0 bridgehead atoms. The molecule has 106 valence electrons. The van der Waals surface area contributed by atoms with E-state index in [1.165, 1.54) is 4.90 Å². The summed E-state index contributed by atoms with van der Waals surface area (Å²) in [7, 11) is 1.64. The van der Waals surface area contributed by atoms with Crippen LogP contribution in [0.25, 0.3) is 0 Å². The molecule has 2 aromatic carbocycles. The van der Waals surface area contributed by atoms with Gasteiger partial charge in [-0.1, -0.05) is 18.2 Å². The van der Waals surface area contributed by atoms with E-state index in [0.717, 1.165) is 5.56 Å². The number of para-hydroxylation sites is 1. The Hall–Kier alpha value is -2.84. The zero-order valence-electron chi connectivity index (χ0n) is 11.9. The number of benzene rings is 2. The first-order chi connectivity index (χ1) is 10.1. The van der Waals surface area contributed by atoms with Gasteiger partial charge in [0.15, 0.2) is 0 Å². The van der Waals surface area contributed by atoms with Crippen molar-refractivity contribution < 1.29 is 4.79 Å². The molecule has 0 aromatic heterocycles. The van der Waals surface area contributed by atoms with E-state index in [1.54, 1.807) is 43.4 Å². The van der Waals surface area contributed by atoms with Crippen molar-refractivity contribution in [3.8, 4) is 6.07 Å². The minimum Gasteiger partial charge on any atom is -0.323 e. The molecule has 2 rings (SSSR count). The number of hydrogen-bond donors (Lipinski definition) is 2. The topological polar surface area (TPSA) is 82.2 Å². The summed E-state index contributed by atoms with van der Waals surface area (Å²) in [4.78, 5) is 14.1. The highest BCUT2D eigenvalue weighted by molar-refractivity contribution is 6.09. The highest BCUT2D eigenvalue weighted by Crippen LogP contribution is 2.23. The lowest BCUT2D eigenvalue weighted by Crippen LogP contribution is -2.28. The van der Waals surface area contributed by atoms with Crippen LogP contribution in [0.4, 0.5) is 11.4 Å². The molecule has 0 fully saturated rings. The summed E-state index contributed by atoms with van der Waals surface area (Å²) in [6.07, 6.45) is 0. The van der Waals surface area contributed by atoms with E-state index in [4.69, 9.17) is 11.1 Å². The van der Waals surface area contributed by atoms with Crippen LogP contribution < -0.4 is 16.2 Å². The van der Waals surface area contributed by atoms with Gasteiger partial charge in [-0.25, -0.2) is 0 Å². The van der Waals surface area contributed by atoms with Crippen LogP contribution in [0.1, 0.15) is 21.5 Å². The number of carbonyl (C=O) groups excluding carboxylic acids is 1. The zero-order chi connectivity index (χ0) is 15.4. The number of nitrogens with two attached hydrogens (primary N) is 1. The standard InChI is InChI=1S/C16H16N4O/c1-11-7-8-13(14(9-11)19-18)16(21)20(2)15-6-4-3-5-12(15)10-17/h3-9,19H,18H2,1-2H3. The molecule has 0 aliphatic rings. The van der Waals surface area contributed by atoms with Crippen LogP contribution in [-0.4, -0.2) is 13.0 Å². The molecule has 21 heavy (non-hydrogen) atoms. The smallest absolute Gasteiger partial charge is 0.260 e. The van der Waals surface area contributed by atoms with Crippen LogP contribution >= 0.6 is 0 Å². The number of hydrazine groups is 1. The van der Waals surface area contributed by atoms with Crippen LogP contribution in [0.15, 0.2) is 42.5 Å². The molecule has 0 unspecified atom stereocenters. The number of aryl methyl sites for hydroxylation is 1. The maximum Gasteiger partial charge on any atom is 0.260 e. The highest BCUT2D eigenvalue weighted by atomic mass is 16.2. The fourth-order valence-electron chi connectivity index (χ4n) is 2.11. The SMILES string of the molecule is Cc1ccc(C(=O)N(C)c2ccccc2C#N)c(NN)c1. The Kier molecular flexibility index (Phi) is 4.21. The minimum atomic E-state index is -0.231. The quantitative estimate of drug-likeness (QED) is 0.668. The monoisotopic (exact) mass is 280 g/mol. The van der Waals surface area contributed by atoms with Gasteiger partial charge in [-0.15, -0.1) is 0 Å². The number of hydrogen-bond acceptors (Lipinski definition) is 4. The molecule has 2 aromatic rings. The Labute approximate surface area is 123 Å². The van der Waals surface area contributed by atoms with Gasteiger partial charge in [-0.2, -0.15) is 5.26 Å². The molecule has 5 nitrogen and oxygen atoms in total. The average molecular weight is 280 g/mol. The lowest BCUT2D eigenvalue weighted by molar-refractivity contribution is 0.0993. The third-order valence-corrected chi connectivity index (χ3v) is 3.25. The molecular weight excluding hydrogens is 264 g/mol. The van der Waals surface area contributed by atoms with Gasteiger partial charge in [-0.3, -0.25) is 10.6 Å². The molecule has 0 spiro atoms. The van der Waals surface area contributed by atoms with E-state index in [1.807, 2.05) is 13.0 Å². The number of nitrogens with zero attached hydrogens (tertiary/aromatic N) is 2. The Balaban J connectivity index is 2.43. The lowest BCUT2D eigenvalue weighted by Gasteiger charge is -2.20. The van der Waals surface area contributed by atoms with Gasteiger partial charge in [-0.05, 0) is 36.8 Å². The normalized spacial score (nSPS) is 9.81. The van der Waals surface area contributed by atoms with Crippen molar-refractivity contribution in [1.82, 2.24) is 0 Å². The van der Waals surface area contributed by atoms with E-state index >= 15 is 0 Å². The Morgan fingerprint density at radius 3 is 2.67 bits per heavy atom. The summed E-state index contributed by atoms with van der Waals surface area (Å²) in [5, 5.41) is 9.14. The van der Waals surface area contributed by atoms with Crippen molar-refractivity contribution in [2.75, 3.05) is 17.4 Å². The molecule has 0 saturated heterocycles. The summed E-state index contributed by atoms with van der Waals surface area (Å²) in [5.74, 6) is 5.25. The molecule has 0 aliphatic carbocycles. The Morgan fingerprint density at radius 2 is 2.00 bits per heavy atom. The summed E-state index contributed by atoms with van der Waals surface area (Å²) in [5.41, 5.74) is 5.56. The third kappa shape index (κ3) is 2.86. The van der Waals surface area contributed by atoms with E-state index in [9.17, 15) is 4.79 Å². The fourth-order valence-corrected chi connectivity index (χ4v) is 2.11. The van der Waals surface area contributed by atoms with Crippen molar-refractivity contribution in [2.24, 2.45) is 5.84 Å². The highest BCUT2D eigenvalue weighted by Gasteiger charge is 2.19. The first kappa shape index (κ1) is 14.6. The average Bonchev–Trinajstić information content (AvgIpc) is 2.53. The summed E-state index contributed by atoms with van der Waals surface area (Å²) >= 11 is 0. The largest absolute Gasteiger partial charge is 0.323 e. The van der Waals surface area contributed by atoms with Gasteiger partial charge in [0.25, 0.3) is 5.91 Å². The maximum atomic E-state index is 12.6. The van der Waals surface area contributed by atoms with Crippen LogP contribution in [0.5, 0.6) is 0 Å². The zero-order valence-corrected chi connectivity index (χ0v) is 11.9. The van der Waals surface area contributed by atoms with Crippen LogP contribution in [0.3, 0.4) is 0 Å². The van der Waals surface area contributed by atoms with Gasteiger partial charge < -0.3 is 10.3 Å². The van der Waals surface area contributed by atoms with Crippen molar-refractivity contribution in [1.29, 1.82) is 5.26 Å². The second-order valence-corrected chi connectivity index (χ2v) is 4.69. The second kappa shape index (κ2) is 6.07. The molecule has 0 radical (unpaired) electrons.